The molecule has 0 unspecified atom stereocenters. The minimum Gasteiger partial charge on any atom is -0.457 e. The zero-order chi connectivity index (χ0) is 13.1. The van der Waals surface area contributed by atoms with E-state index in [0.717, 1.165) is 0 Å². The van der Waals surface area contributed by atoms with Crippen LogP contribution in [0.15, 0.2) is 36.4 Å². The first-order valence-electron chi connectivity index (χ1n) is 5.12. The van der Waals surface area contributed by atoms with Crippen LogP contribution in [0.3, 0.4) is 0 Å². The Kier molecular flexibility index (Phi) is 4.07. The number of aliphatic hydroxyl groups is 1. The van der Waals surface area contributed by atoms with Gasteiger partial charge in [0.1, 0.15) is 17.3 Å². The van der Waals surface area contributed by atoms with Crippen LogP contribution < -0.4 is 4.74 Å². The molecule has 2 nitrogen and oxygen atoms in total. The summed E-state index contributed by atoms with van der Waals surface area (Å²) in [5.74, 6) is 0.0896. The van der Waals surface area contributed by atoms with Gasteiger partial charge in [0.05, 0.1) is 12.2 Å². The van der Waals surface area contributed by atoms with E-state index in [1.165, 1.54) is 12.1 Å². The highest BCUT2D eigenvalue weighted by molar-refractivity contribution is 6.34. The van der Waals surface area contributed by atoms with Crippen molar-refractivity contribution in [2.45, 2.75) is 6.61 Å². The van der Waals surface area contributed by atoms with Crippen LogP contribution in [0, 0.1) is 5.82 Å². The minimum absolute atomic E-state index is 0.0913. The molecule has 0 atom stereocenters. The lowest BCUT2D eigenvalue weighted by atomic mass is 10.2. The number of halogens is 3. The summed E-state index contributed by atoms with van der Waals surface area (Å²) < 4.78 is 18.9. The molecule has 0 amide bonds. The number of benzene rings is 2. The van der Waals surface area contributed by atoms with Gasteiger partial charge in [0.15, 0.2) is 0 Å². The number of hydrogen-bond donors (Lipinski definition) is 1. The highest BCUT2D eigenvalue weighted by Crippen LogP contribution is 2.31. The van der Waals surface area contributed by atoms with Gasteiger partial charge < -0.3 is 9.84 Å². The number of ether oxygens (including phenoxy) is 1. The molecule has 0 saturated heterocycles. The second-order valence-corrected chi connectivity index (χ2v) is 4.45. The number of aliphatic hydroxyl groups excluding tert-OH is 1. The van der Waals surface area contributed by atoms with Crippen molar-refractivity contribution in [1.82, 2.24) is 0 Å². The molecule has 0 spiro atoms. The van der Waals surface area contributed by atoms with Crippen LogP contribution in [0.2, 0.25) is 10.0 Å². The lowest BCUT2D eigenvalue weighted by molar-refractivity contribution is 0.270. The van der Waals surface area contributed by atoms with Crippen LogP contribution >= 0.6 is 23.2 Å². The summed E-state index contributed by atoms with van der Waals surface area (Å²) in [7, 11) is 0. The van der Waals surface area contributed by atoms with E-state index in [1.807, 2.05) is 0 Å². The molecule has 18 heavy (non-hydrogen) atoms. The smallest absolute Gasteiger partial charge is 0.135 e. The van der Waals surface area contributed by atoms with E-state index in [2.05, 4.69) is 0 Å². The summed E-state index contributed by atoms with van der Waals surface area (Å²) in [5.41, 5.74) is 0.0913. The summed E-state index contributed by atoms with van der Waals surface area (Å²) in [6.07, 6.45) is 0. The Morgan fingerprint density at radius 2 is 1.78 bits per heavy atom. The van der Waals surface area contributed by atoms with E-state index in [4.69, 9.17) is 33.0 Å². The molecule has 0 aliphatic carbocycles. The zero-order valence-corrected chi connectivity index (χ0v) is 10.7. The summed E-state index contributed by atoms with van der Waals surface area (Å²) in [4.78, 5) is 0. The van der Waals surface area contributed by atoms with Gasteiger partial charge in [0.25, 0.3) is 0 Å². The summed E-state index contributed by atoms with van der Waals surface area (Å²) in [6.45, 7) is -0.448. The highest BCUT2D eigenvalue weighted by Gasteiger charge is 2.10. The maximum atomic E-state index is 13.4. The molecule has 2 aromatic carbocycles. The van der Waals surface area contributed by atoms with E-state index in [9.17, 15) is 4.39 Å². The van der Waals surface area contributed by atoms with E-state index < -0.39 is 12.4 Å². The largest absolute Gasteiger partial charge is 0.457 e. The third-order valence-corrected chi connectivity index (χ3v) is 2.73. The Morgan fingerprint density at radius 3 is 2.39 bits per heavy atom. The van der Waals surface area contributed by atoms with Crippen molar-refractivity contribution in [1.29, 1.82) is 0 Å². The van der Waals surface area contributed by atoms with Crippen LogP contribution in [0.4, 0.5) is 4.39 Å². The quantitative estimate of drug-likeness (QED) is 0.905. The number of hydrogen-bond acceptors (Lipinski definition) is 2. The molecule has 2 rings (SSSR count). The molecule has 0 aliphatic rings. The first kappa shape index (κ1) is 13.1. The fraction of sp³-hybridized carbons (Fsp3) is 0.0769. The second kappa shape index (κ2) is 5.57. The van der Waals surface area contributed by atoms with Crippen LogP contribution in [-0.4, -0.2) is 5.11 Å². The molecule has 1 N–H and O–H groups in total. The molecule has 0 radical (unpaired) electrons. The predicted molar refractivity (Wildman–Crippen MR) is 68.9 cm³/mol. The molecular weight excluding hydrogens is 278 g/mol. The topological polar surface area (TPSA) is 29.5 Å². The predicted octanol–water partition coefficient (Wildman–Crippen LogP) is 4.42. The summed E-state index contributed by atoms with van der Waals surface area (Å²) in [6, 6.07) is 8.98. The zero-order valence-electron chi connectivity index (χ0n) is 9.16. The van der Waals surface area contributed by atoms with Gasteiger partial charge in [0, 0.05) is 10.0 Å². The first-order chi connectivity index (χ1) is 8.60. The molecule has 0 fully saturated rings. The highest BCUT2D eigenvalue weighted by atomic mass is 35.5. The van der Waals surface area contributed by atoms with Crippen molar-refractivity contribution in [3.63, 3.8) is 0 Å². The van der Waals surface area contributed by atoms with Crippen LogP contribution in [0.25, 0.3) is 0 Å². The first-order valence-corrected chi connectivity index (χ1v) is 5.88. The number of rotatable bonds is 3. The van der Waals surface area contributed by atoms with Gasteiger partial charge in [-0.05, 0) is 30.3 Å². The van der Waals surface area contributed by atoms with Gasteiger partial charge in [-0.15, -0.1) is 0 Å². The molecule has 5 heteroatoms. The van der Waals surface area contributed by atoms with Crippen LogP contribution in [-0.2, 0) is 6.61 Å². The Labute approximate surface area is 114 Å². The average molecular weight is 287 g/mol. The normalized spacial score (nSPS) is 10.4. The Balaban J connectivity index is 2.36. The van der Waals surface area contributed by atoms with Crippen molar-refractivity contribution in [3.8, 4) is 11.5 Å². The molecule has 0 heterocycles. The maximum Gasteiger partial charge on any atom is 0.135 e. The third-order valence-electron chi connectivity index (χ3n) is 2.30. The molecule has 94 valence electrons. The van der Waals surface area contributed by atoms with Crippen molar-refractivity contribution >= 4 is 23.2 Å². The Hall–Kier alpha value is -1.29. The molecule has 0 aliphatic heterocycles. The summed E-state index contributed by atoms with van der Waals surface area (Å²) in [5, 5.41) is 9.95. The SMILES string of the molecule is OCc1c(F)cccc1Oc1cc(Cl)cc(Cl)c1. The second-order valence-electron chi connectivity index (χ2n) is 3.58. The molecule has 0 bridgehead atoms. The van der Waals surface area contributed by atoms with E-state index in [1.54, 1.807) is 24.3 Å². The van der Waals surface area contributed by atoms with E-state index in [0.29, 0.717) is 15.8 Å². The molecule has 0 saturated carbocycles. The standard InChI is InChI=1S/C13H9Cl2FO2/c14-8-4-9(15)6-10(5-8)18-13-3-1-2-12(16)11(13)7-17/h1-6,17H,7H2. The lowest BCUT2D eigenvalue weighted by Crippen LogP contribution is -1.95. The van der Waals surface area contributed by atoms with Gasteiger partial charge in [0.2, 0.25) is 0 Å². The Morgan fingerprint density at radius 1 is 1.11 bits per heavy atom. The van der Waals surface area contributed by atoms with Crippen molar-refractivity contribution in [3.05, 3.63) is 57.8 Å². The Bertz CT molecular complexity index is 553. The van der Waals surface area contributed by atoms with Gasteiger partial charge in [-0.2, -0.15) is 0 Å². The van der Waals surface area contributed by atoms with Crippen LogP contribution in [0.1, 0.15) is 5.56 Å². The monoisotopic (exact) mass is 286 g/mol. The minimum atomic E-state index is -0.525. The van der Waals surface area contributed by atoms with Gasteiger partial charge in [-0.1, -0.05) is 29.3 Å². The lowest BCUT2D eigenvalue weighted by Gasteiger charge is -2.10. The van der Waals surface area contributed by atoms with Gasteiger partial charge in [-0.25, -0.2) is 4.39 Å². The van der Waals surface area contributed by atoms with Crippen LogP contribution in [0.5, 0.6) is 11.5 Å². The van der Waals surface area contributed by atoms with E-state index >= 15 is 0 Å². The van der Waals surface area contributed by atoms with Crippen molar-refractivity contribution in [2.75, 3.05) is 0 Å². The third kappa shape index (κ3) is 2.93. The van der Waals surface area contributed by atoms with Gasteiger partial charge in [-0.3, -0.25) is 0 Å². The molecule has 0 aromatic heterocycles. The van der Waals surface area contributed by atoms with Crippen molar-refractivity contribution in [2.24, 2.45) is 0 Å². The fourth-order valence-electron chi connectivity index (χ4n) is 1.50. The van der Waals surface area contributed by atoms with Crippen molar-refractivity contribution < 1.29 is 14.2 Å². The maximum absolute atomic E-state index is 13.4. The van der Waals surface area contributed by atoms with E-state index in [-0.39, 0.29) is 11.3 Å². The molecule has 2 aromatic rings. The summed E-state index contributed by atoms with van der Waals surface area (Å²) >= 11 is 11.7. The average Bonchev–Trinajstić information content (AvgIpc) is 2.27. The molecular formula is C13H9Cl2FO2. The van der Waals surface area contributed by atoms with Gasteiger partial charge >= 0.3 is 0 Å². The fourth-order valence-corrected chi connectivity index (χ4v) is 2.01.